The van der Waals surface area contributed by atoms with Gasteiger partial charge in [-0.2, -0.15) is 0 Å². The number of halogens is 1. The first-order chi connectivity index (χ1) is 29.9. The zero-order valence-electron chi connectivity index (χ0n) is 34.0. The molecule has 14 nitrogen and oxygen atoms in total. The van der Waals surface area contributed by atoms with Crippen LogP contribution >= 0.6 is 34.3 Å². The molecule has 6 aromatic rings. The molecule has 0 bridgehead atoms. The highest BCUT2D eigenvalue weighted by Crippen LogP contribution is 2.35. The summed E-state index contributed by atoms with van der Waals surface area (Å²) < 4.78 is 24.5. The number of ether oxygens (including phenoxy) is 4. The minimum Gasteiger partial charge on any atom is -0.457 e. The van der Waals surface area contributed by atoms with Gasteiger partial charge < -0.3 is 50.0 Å². The number of morpholine rings is 2. The van der Waals surface area contributed by atoms with E-state index in [1.807, 2.05) is 48.5 Å². The normalized spacial score (nSPS) is 21.7. The third kappa shape index (κ3) is 12.4. The first-order valence-corrected chi connectivity index (χ1v) is 23.2. The van der Waals surface area contributed by atoms with E-state index in [-0.39, 0.29) is 24.3 Å². The number of rotatable bonds is 9. The van der Waals surface area contributed by atoms with Crippen LogP contribution in [0.3, 0.4) is 0 Å². The average molecular weight is 890 g/mol. The van der Waals surface area contributed by atoms with Crippen molar-refractivity contribution in [3.05, 3.63) is 78.2 Å². The quantitative estimate of drug-likeness (QED) is 0.0877. The van der Waals surface area contributed by atoms with Crippen LogP contribution in [0.15, 0.2) is 73.1 Å². The van der Waals surface area contributed by atoms with Gasteiger partial charge in [0.2, 0.25) is 0 Å². The number of fused-ring (bicyclic) bond motifs is 2. The summed E-state index contributed by atoms with van der Waals surface area (Å²) in [6.07, 6.45) is 11.0. The summed E-state index contributed by atoms with van der Waals surface area (Å²) in [6, 6.07) is 19.2. The highest BCUT2D eigenvalue weighted by molar-refractivity contribution is 7.22. The van der Waals surface area contributed by atoms with E-state index in [9.17, 15) is 10.2 Å². The van der Waals surface area contributed by atoms with E-state index in [0.717, 1.165) is 158 Å². The fourth-order valence-electron chi connectivity index (χ4n) is 7.60. The van der Waals surface area contributed by atoms with Gasteiger partial charge in [-0.15, -0.1) is 0 Å². The first-order valence-electron chi connectivity index (χ1n) is 21.2. The number of hydrogen-bond acceptors (Lipinski definition) is 16. The first kappa shape index (κ1) is 43.3. The van der Waals surface area contributed by atoms with Gasteiger partial charge >= 0.3 is 0 Å². The lowest BCUT2D eigenvalue weighted by Crippen LogP contribution is -2.36. The van der Waals surface area contributed by atoms with Crippen molar-refractivity contribution in [2.45, 2.75) is 75.7 Å². The molecule has 5 N–H and O–H groups in total. The molecule has 2 aromatic carbocycles. The number of aliphatic hydroxyl groups excluding tert-OH is 2. The average Bonchev–Trinajstić information content (AvgIpc) is 3.89. The number of nitrogens with one attached hydrogen (secondary N) is 3. The van der Waals surface area contributed by atoms with Crippen molar-refractivity contribution < 1.29 is 29.2 Å². The van der Waals surface area contributed by atoms with Gasteiger partial charge in [-0.1, -0.05) is 60.0 Å². The number of thiazole rings is 2. The molecule has 0 spiro atoms. The number of aromatic nitrogens is 4. The van der Waals surface area contributed by atoms with Gasteiger partial charge in [0, 0.05) is 62.8 Å². The molecule has 61 heavy (non-hydrogen) atoms. The highest BCUT2D eigenvalue weighted by Gasteiger charge is 2.25. The number of aliphatic hydroxyl groups is 2. The van der Waals surface area contributed by atoms with Crippen molar-refractivity contribution in [3.8, 4) is 23.0 Å². The molecule has 2 saturated carbocycles. The Morgan fingerprint density at radius 3 is 1.66 bits per heavy atom. The minimum absolute atomic E-state index is 0.0870. The van der Waals surface area contributed by atoms with Crippen LogP contribution in [0.1, 0.15) is 51.4 Å². The molecule has 10 rings (SSSR count). The fraction of sp³-hybridized carbons (Fsp3) is 0.455. The Balaban J connectivity index is 0.000000150. The number of benzene rings is 2. The van der Waals surface area contributed by atoms with Crippen LogP contribution in [0.4, 0.5) is 16.1 Å². The fourth-order valence-corrected chi connectivity index (χ4v) is 9.68. The summed E-state index contributed by atoms with van der Waals surface area (Å²) in [6.45, 7) is 6.97. The number of pyridine rings is 2. The van der Waals surface area contributed by atoms with Crippen LogP contribution in [-0.4, -0.2) is 107 Å². The highest BCUT2D eigenvalue weighted by atomic mass is 35.5. The lowest BCUT2D eigenvalue weighted by atomic mass is 9.93. The second kappa shape index (κ2) is 21.6. The molecule has 4 aromatic heterocycles. The third-order valence-electron chi connectivity index (χ3n) is 10.9. The van der Waals surface area contributed by atoms with E-state index in [0.29, 0.717) is 10.9 Å². The Morgan fingerprint density at radius 1 is 0.639 bits per heavy atom. The molecular formula is C44H53ClN8O6S2. The van der Waals surface area contributed by atoms with E-state index in [1.165, 1.54) is 0 Å². The molecular weight excluding hydrogens is 836 g/mol. The molecule has 4 aliphatic rings. The van der Waals surface area contributed by atoms with E-state index >= 15 is 0 Å². The smallest absolute Gasteiger partial charge is 0.184 e. The van der Waals surface area contributed by atoms with Crippen molar-refractivity contribution in [2.75, 3.05) is 68.1 Å². The van der Waals surface area contributed by atoms with Crippen molar-refractivity contribution in [2.24, 2.45) is 0 Å². The van der Waals surface area contributed by atoms with Gasteiger partial charge in [-0.05, 0) is 62.1 Å². The number of anilines is 3. The van der Waals surface area contributed by atoms with Crippen LogP contribution in [0, 0.1) is 0 Å². The van der Waals surface area contributed by atoms with Crippen LogP contribution in [-0.2, 0) is 9.47 Å². The van der Waals surface area contributed by atoms with E-state index in [2.05, 4.69) is 40.8 Å². The molecule has 6 heterocycles. The monoisotopic (exact) mass is 888 g/mol. The zero-order chi connectivity index (χ0) is 41.8. The SMILES string of the molecule is C1COCCN1.O[C@@H]1CCCC[C@H]1Nc1nc2ccc(Oc3ccnc(Cl)c3)cc2s1.O[C@@H]1CCCC[C@H]1Nc1nc2ccc(Oc3ccnc(N4CCOCC4)c3)cc2s1. The summed E-state index contributed by atoms with van der Waals surface area (Å²) in [5.41, 5.74) is 1.85. The Bertz CT molecular complexity index is 2300. The molecule has 2 saturated heterocycles. The molecule has 4 fully saturated rings. The zero-order valence-corrected chi connectivity index (χ0v) is 36.4. The maximum Gasteiger partial charge on any atom is 0.184 e. The summed E-state index contributed by atoms with van der Waals surface area (Å²) >= 11 is 9.05. The maximum absolute atomic E-state index is 10.2. The van der Waals surface area contributed by atoms with Gasteiger partial charge in [-0.25, -0.2) is 19.9 Å². The van der Waals surface area contributed by atoms with Crippen LogP contribution in [0.2, 0.25) is 5.15 Å². The van der Waals surface area contributed by atoms with Crippen LogP contribution in [0.5, 0.6) is 23.0 Å². The molecule has 324 valence electrons. The lowest BCUT2D eigenvalue weighted by molar-refractivity contribution is 0.109. The Labute approximate surface area is 368 Å². The second-order valence-corrected chi connectivity index (χ2v) is 17.8. The maximum atomic E-state index is 10.2. The van der Waals surface area contributed by atoms with Crippen molar-refractivity contribution in [1.29, 1.82) is 0 Å². The molecule has 0 unspecified atom stereocenters. The van der Waals surface area contributed by atoms with Crippen LogP contribution < -0.4 is 30.3 Å². The van der Waals surface area contributed by atoms with Gasteiger partial charge in [0.15, 0.2) is 10.3 Å². The third-order valence-corrected chi connectivity index (χ3v) is 13.0. The van der Waals surface area contributed by atoms with Crippen molar-refractivity contribution in [3.63, 3.8) is 0 Å². The Kier molecular flexibility index (Phi) is 15.3. The largest absolute Gasteiger partial charge is 0.457 e. The number of nitrogens with zero attached hydrogens (tertiary/aromatic N) is 5. The predicted molar refractivity (Wildman–Crippen MR) is 243 cm³/mol. The summed E-state index contributed by atoms with van der Waals surface area (Å²) in [4.78, 5) is 19.9. The topological polar surface area (TPSA) is 168 Å². The molecule has 0 radical (unpaired) electrons. The standard InChI is InChI=1S/C22H26N4O3S.C18H18ClN3O2S.C4H9NO/c27-19-4-2-1-3-17(19)24-22-25-18-6-5-15(13-20(18)30-22)29-16-7-8-23-21(14-16)26-9-11-28-12-10-26;19-17-10-12(7-8-20-17)24-11-5-6-14-16(9-11)25-18(22-14)21-13-3-1-2-4-15(13)23;1-3-6-4-2-5-1/h5-8,13-14,17,19,27H,1-4,9-12H2,(H,24,25);5-10,13,15,23H,1-4H2,(H,21,22);5H,1-4H2/t17-,19-;13-,15-;/m11./s1. The van der Waals surface area contributed by atoms with Crippen molar-refractivity contribution in [1.82, 2.24) is 25.3 Å². The number of hydrogen-bond donors (Lipinski definition) is 5. The van der Waals surface area contributed by atoms with Crippen LogP contribution in [0.25, 0.3) is 20.4 Å². The van der Waals surface area contributed by atoms with Gasteiger partial charge in [-0.3, -0.25) is 0 Å². The van der Waals surface area contributed by atoms with Gasteiger partial charge in [0.05, 0.1) is 71.2 Å². The summed E-state index contributed by atoms with van der Waals surface area (Å²) in [7, 11) is 0. The summed E-state index contributed by atoms with van der Waals surface area (Å²) in [5.74, 6) is 3.82. The molecule has 4 atom stereocenters. The Morgan fingerprint density at radius 2 is 1.15 bits per heavy atom. The molecule has 17 heteroatoms. The van der Waals surface area contributed by atoms with Crippen molar-refractivity contribution >= 4 is 70.8 Å². The molecule has 2 aliphatic carbocycles. The molecule has 2 aliphatic heterocycles. The Hall–Kier alpha value is -4.39. The second-order valence-electron chi connectivity index (χ2n) is 15.3. The predicted octanol–water partition coefficient (Wildman–Crippen LogP) is 8.49. The van der Waals surface area contributed by atoms with Gasteiger partial charge in [0.1, 0.15) is 34.0 Å². The van der Waals surface area contributed by atoms with E-state index in [1.54, 1.807) is 47.2 Å². The molecule has 0 amide bonds. The van der Waals surface area contributed by atoms with Gasteiger partial charge in [0.25, 0.3) is 0 Å². The minimum atomic E-state index is -0.295. The van der Waals surface area contributed by atoms with E-state index in [4.69, 9.17) is 30.5 Å². The lowest BCUT2D eigenvalue weighted by Gasteiger charge is -2.27. The van der Waals surface area contributed by atoms with E-state index < -0.39 is 0 Å². The summed E-state index contributed by atoms with van der Waals surface area (Å²) in [5, 5.41) is 32.4.